The molecule has 16 rings (SSSR count). The number of anilines is 3. The van der Waals surface area contributed by atoms with Gasteiger partial charge < -0.3 is 14.4 Å². The van der Waals surface area contributed by atoms with E-state index in [1.54, 1.807) is 0 Å². The summed E-state index contributed by atoms with van der Waals surface area (Å²) in [6.07, 6.45) is 0. The Morgan fingerprint density at radius 3 is 0.935 bits per heavy atom. The molecule has 0 saturated carbocycles. The zero-order valence-corrected chi connectivity index (χ0v) is 41.9. The number of rotatable bonds is 6. The molecule has 12 aromatic rings. The molecule has 0 aromatic heterocycles. The summed E-state index contributed by atoms with van der Waals surface area (Å²) in [6, 6.07) is 104. The first-order valence-corrected chi connectivity index (χ1v) is 26.6. The minimum absolute atomic E-state index is 0.645. The Bertz CT molecular complexity index is 4000. The van der Waals surface area contributed by atoms with Crippen molar-refractivity contribution in [2.24, 2.45) is 0 Å². The highest BCUT2D eigenvalue weighted by molar-refractivity contribution is 6.03. The number of benzene rings is 12. The van der Waals surface area contributed by atoms with E-state index in [1.807, 2.05) is 0 Å². The third-order valence-electron chi connectivity index (χ3n) is 16.8. The largest absolute Gasteiger partial charge is 0.457 e. The highest BCUT2D eigenvalue weighted by Gasteiger charge is 2.54. The lowest BCUT2D eigenvalue weighted by Gasteiger charge is -2.40. The lowest BCUT2D eigenvalue weighted by Crippen LogP contribution is -2.32. The van der Waals surface area contributed by atoms with Crippen LogP contribution in [0, 0.1) is 0 Å². The van der Waals surface area contributed by atoms with Gasteiger partial charge in [0.25, 0.3) is 0 Å². The van der Waals surface area contributed by atoms with Crippen molar-refractivity contribution in [1.29, 1.82) is 0 Å². The molecule has 2 aliphatic carbocycles. The molecule has 0 amide bonds. The lowest BCUT2D eigenvalue weighted by atomic mass is 9.66. The summed E-state index contributed by atoms with van der Waals surface area (Å²) >= 11 is 0. The van der Waals surface area contributed by atoms with E-state index in [2.05, 4.69) is 290 Å². The summed E-state index contributed by atoms with van der Waals surface area (Å²) in [7, 11) is 0. The first-order chi connectivity index (χ1) is 38.2. The smallest absolute Gasteiger partial charge is 0.132 e. The fourth-order valence-corrected chi connectivity index (χ4v) is 13.7. The van der Waals surface area contributed by atoms with E-state index in [-0.39, 0.29) is 0 Å². The van der Waals surface area contributed by atoms with Crippen LogP contribution in [0.4, 0.5) is 17.1 Å². The average Bonchev–Trinajstić information content (AvgIpc) is 4.19. The van der Waals surface area contributed by atoms with Crippen molar-refractivity contribution in [1.82, 2.24) is 0 Å². The third kappa shape index (κ3) is 6.14. The quantitative estimate of drug-likeness (QED) is 0.166. The number of hydrogen-bond acceptors (Lipinski definition) is 3. The fourth-order valence-electron chi connectivity index (χ4n) is 13.7. The average molecular weight is 982 g/mol. The van der Waals surface area contributed by atoms with Crippen molar-refractivity contribution < 1.29 is 9.47 Å². The Morgan fingerprint density at radius 1 is 0.234 bits per heavy atom. The van der Waals surface area contributed by atoms with Gasteiger partial charge in [0.15, 0.2) is 0 Å². The van der Waals surface area contributed by atoms with Crippen molar-refractivity contribution in [3.05, 3.63) is 330 Å². The van der Waals surface area contributed by atoms with Crippen molar-refractivity contribution in [3.8, 4) is 78.6 Å². The van der Waals surface area contributed by atoms with Crippen LogP contribution >= 0.6 is 0 Å². The van der Waals surface area contributed by atoms with Gasteiger partial charge in [0.2, 0.25) is 0 Å². The Balaban J connectivity index is 0.973. The molecule has 77 heavy (non-hydrogen) atoms. The number of nitrogens with zero attached hydrogens (tertiary/aromatic N) is 1. The molecule has 2 spiro atoms. The van der Waals surface area contributed by atoms with Crippen LogP contribution in [-0.2, 0) is 10.8 Å². The van der Waals surface area contributed by atoms with Crippen molar-refractivity contribution in [2.45, 2.75) is 10.8 Å². The van der Waals surface area contributed by atoms with Gasteiger partial charge in [-0.3, -0.25) is 0 Å². The van der Waals surface area contributed by atoms with Crippen LogP contribution in [0.2, 0.25) is 0 Å². The maximum Gasteiger partial charge on any atom is 0.132 e. The summed E-state index contributed by atoms with van der Waals surface area (Å²) < 4.78 is 13.6. The zero-order chi connectivity index (χ0) is 50.7. The van der Waals surface area contributed by atoms with Crippen molar-refractivity contribution in [2.75, 3.05) is 4.90 Å². The van der Waals surface area contributed by atoms with Gasteiger partial charge in [-0.1, -0.05) is 218 Å². The summed E-state index contributed by atoms with van der Waals surface area (Å²) in [5, 5.41) is 0. The van der Waals surface area contributed by atoms with Gasteiger partial charge in [0.1, 0.15) is 23.0 Å². The first-order valence-electron chi connectivity index (χ1n) is 26.6. The Kier molecular flexibility index (Phi) is 9.47. The predicted octanol–water partition coefficient (Wildman–Crippen LogP) is 19.1. The number of para-hydroxylation sites is 4. The standard InChI is InChI=1S/C74H47NO2/c1-3-21-48(22-4-1)51-45-52(49-23-5-2-6-24-49)47-53(46-51)50-41-43-54(44-42-50)75(65-35-19-33-63-71(65)55-25-7-9-27-57(55)73(63)59-29-11-15-37-67(59)76-68-38-16-12-30-60(68)73)66-36-20-34-64-72(66)56-26-8-10-28-58(56)74(64)61-31-13-17-39-69(61)77-70-40-18-14-32-62(70)74/h1-47H. The van der Waals surface area contributed by atoms with Gasteiger partial charge in [-0.25, -0.2) is 0 Å². The van der Waals surface area contributed by atoms with Crippen LogP contribution in [0.1, 0.15) is 44.5 Å². The van der Waals surface area contributed by atoms with E-state index < -0.39 is 10.8 Å². The van der Waals surface area contributed by atoms with Gasteiger partial charge in [-0.15, -0.1) is 0 Å². The molecule has 0 radical (unpaired) electrons. The zero-order valence-electron chi connectivity index (χ0n) is 41.9. The molecule has 0 bridgehead atoms. The summed E-state index contributed by atoms with van der Waals surface area (Å²) in [6.45, 7) is 0. The first kappa shape index (κ1) is 43.4. The highest BCUT2D eigenvalue weighted by atomic mass is 16.5. The molecule has 0 N–H and O–H groups in total. The van der Waals surface area contributed by atoms with Crippen molar-refractivity contribution >= 4 is 17.1 Å². The van der Waals surface area contributed by atoms with Crippen LogP contribution in [0.5, 0.6) is 23.0 Å². The predicted molar refractivity (Wildman–Crippen MR) is 312 cm³/mol. The topological polar surface area (TPSA) is 21.7 Å². The monoisotopic (exact) mass is 981 g/mol. The van der Waals surface area contributed by atoms with Gasteiger partial charge >= 0.3 is 0 Å². The maximum absolute atomic E-state index is 6.79. The lowest BCUT2D eigenvalue weighted by molar-refractivity contribution is 0.436. The SMILES string of the molecule is c1ccc(-c2cc(-c3ccccc3)cc(-c3ccc(N(c4cccc5c4-c4ccccc4C54c5ccccc5Oc5ccccc54)c4cccc5c4-c4ccccc4C54c5ccccc5Oc5ccccc54)cc3)c2)cc1. The third-order valence-corrected chi connectivity index (χ3v) is 16.8. The maximum atomic E-state index is 6.79. The highest BCUT2D eigenvalue weighted by Crippen LogP contribution is 2.67. The van der Waals surface area contributed by atoms with Gasteiger partial charge in [-0.2, -0.15) is 0 Å². The summed E-state index contributed by atoms with van der Waals surface area (Å²) in [4.78, 5) is 2.55. The van der Waals surface area contributed by atoms with Crippen LogP contribution in [0.3, 0.4) is 0 Å². The van der Waals surface area contributed by atoms with Crippen LogP contribution in [0.25, 0.3) is 55.6 Å². The molecular weight excluding hydrogens is 935 g/mol. The summed E-state index contributed by atoms with van der Waals surface area (Å²) in [5.74, 6) is 3.49. The number of hydrogen-bond donors (Lipinski definition) is 0. The minimum atomic E-state index is -0.645. The minimum Gasteiger partial charge on any atom is -0.457 e. The second-order valence-electron chi connectivity index (χ2n) is 20.6. The van der Waals surface area contributed by atoms with E-state index in [4.69, 9.17) is 9.47 Å². The molecule has 0 fully saturated rings. The molecule has 360 valence electrons. The number of fused-ring (bicyclic) bond motifs is 18. The Morgan fingerprint density at radius 2 is 0.545 bits per heavy atom. The van der Waals surface area contributed by atoms with Gasteiger partial charge in [0.05, 0.1) is 22.2 Å². The van der Waals surface area contributed by atoms with E-state index >= 15 is 0 Å². The Hall–Kier alpha value is -9.96. The molecule has 3 nitrogen and oxygen atoms in total. The second kappa shape index (κ2) is 16.8. The van der Waals surface area contributed by atoms with Crippen molar-refractivity contribution in [3.63, 3.8) is 0 Å². The van der Waals surface area contributed by atoms with E-state index in [0.717, 1.165) is 73.4 Å². The van der Waals surface area contributed by atoms with Gasteiger partial charge in [0, 0.05) is 39.1 Å². The molecule has 4 aliphatic rings. The molecule has 2 aliphatic heterocycles. The molecule has 0 atom stereocenters. The molecular formula is C74H47NO2. The van der Waals surface area contributed by atoms with Crippen LogP contribution in [0.15, 0.2) is 285 Å². The molecule has 3 heteroatoms. The summed E-state index contributed by atoms with van der Waals surface area (Å²) in [5.41, 5.74) is 23.3. The van der Waals surface area contributed by atoms with E-state index in [0.29, 0.717) is 0 Å². The molecule has 2 heterocycles. The fraction of sp³-hybridized carbons (Fsp3) is 0.0270. The molecule has 0 unspecified atom stereocenters. The van der Waals surface area contributed by atoms with Crippen LogP contribution in [-0.4, -0.2) is 0 Å². The Labute approximate surface area is 448 Å². The molecule has 12 aromatic carbocycles. The normalized spacial score (nSPS) is 13.9. The van der Waals surface area contributed by atoms with Crippen LogP contribution < -0.4 is 14.4 Å². The van der Waals surface area contributed by atoms with E-state index in [9.17, 15) is 0 Å². The van der Waals surface area contributed by atoms with Gasteiger partial charge in [-0.05, 0) is 133 Å². The molecule has 0 saturated heterocycles. The number of ether oxygens (including phenoxy) is 2. The second-order valence-corrected chi connectivity index (χ2v) is 20.6. The van der Waals surface area contributed by atoms with E-state index in [1.165, 1.54) is 66.8 Å².